The van der Waals surface area contributed by atoms with Crippen LogP contribution in [0, 0.1) is 0 Å². The maximum Gasteiger partial charge on any atom is 0.573 e. The number of aryl methyl sites for hydroxylation is 1. The summed E-state index contributed by atoms with van der Waals surface area (Å²) in [7, 11) is 0. The van der Waals surface area contributed by atoms with Crippen LogP contribution in [-0.2, 0) is 11.2 Å². The predicted octanol–water partition coefficient (Wildman–Crippen LogP) is 3.24. The number of hydrogen-bond donors (Lipinski definition) is 2. The first kappa shape index (κ1) is 18.4. The summed E-state index contributed by atoms with van der Waals surface area (Å²) in [5, 5.41) is 9.18. The molecule has 0 radical (unpaired) electrons. The van der Waals surface area contributed by atoms with Crippen molar-refractivity contribution in [3.63, 3.8) is 0 Å². The summed E-state index contributed by atoms with van der Waals surface area (Å²) in [6.45, 7) is 0. The van der Waals surface area contributed by atoms with E-state index < -0.39 is 24.0 Å². The summed E-state index contributed by atoms with van der Waals surface area (Å²) in [6.07, 6.45) is -4.92. The molecule has 3 N–H and O–H groups in total. The van der Waals surface area contributed by atoms with Gasteiger partial charge in [-0.25, -0.2) is 0 Å². The largest absolute Gasteiger partial charge is 0.573 e. The quantitative estimate of drug-likeness (QED) is 0.681. The molecule has 2 heterocycles. The molecule has 1 amide bonds. The first-order chi connectivity index (χ1) is 12.6. The van der Waals surface area contributed by atoms with Crippen molar-refractivity contribution in [3.8, 4) is 11.6 Å². The molecule has 142 valence electrons. The summed E-state index contributed by atoms with van der Waals surface area (Å²) < 4.78 is 48.2. The van der Waals surface area contributed by atoms with Gasteiger partial charge in [-0.05, 0) is 24.3 Å². The predicted molar refractivity (Wildman–Crippen MR) is 86.7 cm³/mol. The lowest BCUT2D eigenvalue weighted by atomic mass is 10.2. The molecule has 0 aliphatic carbocycles. The number of nitrogens with zero attached hydrogens (tertiary/aromatic N) is 1. The molecule has 1 aromatic carbocycles. The van der Waals surface area contributed by atoms with Gasteiger partial charge < -0.3 is 20.0 Å². The van der Waals surface area contributed by atoms with E-state index in [0.717, 1.165) is 12.1 Å². The Hall–Kier alpha value is -3.43. The standard InChI is InChI=1S/C17H13F3N2O5/c18-17(19,20)27-11-2-1-9-7-13(16(21)25)22(12(9)8-11)14-5-3-10(26-14)4-6-15(23)24/h1-3,5,7-8H,4,6H2,(H2,21,25)(H,23,24). The molecule has 0 spiro atoms. The van der Waals surface area contributed by atoms with Crippen molar-refractivity contribution in [2.45, 2.75) is 19.2 Å². The van der Waals surface area contributed by atoms with Gasteiger partial charge in [0.05, 0.1) is 11.9 Å². The zero-order valence-corrected chi connectivity index (χ0v) is 13.6. The van der Waals surface area contributed by atoms with Gasteiger partial charge in [-0.3, -0.25) is 14.2 Å². The van der Waals surface area contributed by atoms with E-state index in [2.05, 4.69) is 4.74 Å². The van der Waals surface area contributed by atoms with Gasteiger partial charge in [0.15, 0.2) is 0 Å². The molecular formula is C17H13F3N2O5. The Labute approximate surface area is 149 Å². The van der Waals surface area contributed by atoms with Gasteiger partial charge >= 0.3 is 12.3 Å². The average Bonchev–Trinajstić information content (AvgIpc) is 3.14. The lowest BCUT2D eigenvalue weighted by molar-refractivity contribution is -0.274. The number of carboxylic acid groups (broad SMARTS) is 1. The number of fused-ring (bicyclic) bond motifs is 1. The molecule has 2 aromatic heterocycles. The second-order valence-corrected chi connectivity index (χ2v) is 5.63. The van der Waals surface area contributed by atoms with Crippen molar-refractivity contribution in [2.75, 3.05) is 0 Å². The number of halogens is 3. The fourth-order valence-electron chi connectivity index (χ4n) is 2.65. The zero-order valence-electron chi connectivity index (χ0n) is 13.6. The highest BCUT2D eigenvalue weighted by Crippen LogP contribution is 2.31. The first-order valence-electron chi connectivity index (χ1n) is 7.66. The van der Waals surface area contributed by atoms with Gasteiger partial charge in [0.1, 0.15) is 17.2 Å². The summed E-state index contributed by atoms with van der Waals surface area (Å²) in [4.78, 5) is 22.4. The Bertz CT molecular complexity index is 1020. The highest BCUT2D eigenvalue weighted by molar-refractivity contribution is 5.99. The summed E-state index contributed by atoms with van der Waals surface area (Å²) in [5.74, 6) is -1.84. The van der Waals surface area contributed by atoms with Crippen LogP contribution in [0.1, 0.15) is 22.7 Å². The van der Waals surface area contributed by atoms with Crippen LogP contribution >= 0.6 is 0 Å². The number of nitrogens with two attached hydrogens (primary N) is 1. The molecule has 0 saturated carbocycles. The molecule has 3 aromatic rings. The summed E-state index contributed by atoms with van der Waals surface area (Å²) in [6, 6.07) is 7.98. The van der Waals surface area contributed by atoms with Gasteiger partial charge in [-0.2, -0.15) is 0 Å². The molecule has 7 nitrogen and oxygen atoms in total. The highest BCUT2D eigenvalue weighted by atomic mass is 19.4. The SMILES string of the molecule is NC(=O)c1cc2ccc(OC(F)(F)F)cc2n1-c1ccc(CCC(=O)O)o1. The summed E-state index contributed by atoms with van der Waals surface area (Å²) >= 11 is 0. The Morgan fingerprint density at radius 1 is 1.19 bits per heavy atom. The molecular weight excluding hydrogens is 369 g/mol. The van der Waals surface area contributed by atoms with Crippen molar-refractivity contribution >= 4 is 22.8 Å². The van der Waals surface area contributed by atoms with Crippen molar-refractivity contribution in [1.29, 1.82) is 0 Å². The minimum absolute atomic E-state index is 0.00621. The van der Waals surface area contributed by atoms with E-state index in [0.29, 0.717) is 11.1 Å². The van der Waals surface area contributed by atoms with E-state index in [9.17, 15) is 22.8 Å². The third-order valence-electron chi connectivity index (χ3n) is 3.72. The number of furan rings is 1. The van der Waals surface area contributed by atoms with E-state index >= 15 is 0 Å². The smallest absolute Gasteiger partial charge is 0.481 e. The molecule has 27 heavy (non-hydrogen) atoms. The van der Waals surface area contributed by atoms with Crippen LogP contribution in [0.3, 0.4) is 0 Å². The minimum atomic E-state index is -4.87. The molecule has 0 unspecified atom stereocenters. The van der Waals surface area contributed by atoms with Crippen molar-refractivity contribution < 1.29 is 37.0 Å². The van der Waals surface area contributed by atoms with Gasteiger partial charge in [0.25, 0.3) is 5.91 Å². The topological polar surface area (TPSA) is 108 Å². The molecule has 0 aliphatic heterocycles. The molecule has 0 saturated heterocycles. The highest BCUT2D eigenvalue weighted by Gasteiger charge is 2.31. The van der Waals surface area contributed by atoms with Crippen LogP contribution in [0.5, 0.6) is 5.75 Å². The third-order valence-corrected chi connectivity index (χ3v) is 3.72. The second-order valence-electron chi connectivity index (χ2n) is 5.63. The molecule has 0 bridgehead atoms. The lowest BCUT2D eigenvalue weighted by Crippen LogP contribution is -2.17. The Morgan fingerprint density at radius 3 is 2.56 bits per heavy atom. The van der Waals surface area contributed by atoms with E-state index in [1.165, 1.54) is 28.8 Å². The zero-order chi connectivity index (χ0) is 19.8. The number of carbonyl (C=O) groups is 2. The average molecular weight is 382 g/mol. The number of carbonyl (C=O) groups excluding carboxylic acids is 1. The minimum Gasteiger partial charge on any atom is -0.481 e. The Kier molecular flexibility index (Phi) is 4.56. The number of rotatable bonds is 6. The fourth-order valence-corrected chi connectivity index (χ4v) is 2.65. The first-order valence-corrected chi connectivity index (χ1v) is 7.66. The van der Waals surface area contributed by atoms with Gasteiger partial charge in [-0.15, -0.1) is 13.2 Å². The van der Waals surface area contributed by atoms with Crippen molar-refractivity contribution in [2.24, 2.45) is 5.73 Å². The normalized spacial score (nSPS) is 11.7. The number of carboxylic acids is 1. The second kappa shape index (κ2) is 6.71. The fraction of sp³-hybridized carbons (Fsp3) is 0.176. The number of benzene rings is 1. The summed E-state index contributed by atoms with van der Waals surface area (Å²) in [5.41, 5.74) is 5.58. The van der Waals surface area contributed by atoms with E-state index in [-0.39, 0.29) is 29.9 Å². The van der Waals surface area contributed by atoms with Gasteiger partial charge in [-0.1, -0.05) is 0 Å². The molecule has 3 rings (SSSR count). The van der Waals surface area contributed by atoms with Gasteiger partial charge in [0, 0.05) is 23.9 Å². The van der Waals surface area contributed by atoms with Crippen molar-refractivity contribution in [1.82, 2.24) is 4.57 Å². The number of alkyl halides is 3. The Morgan fingerprint density at radius 2 is 1.93 bits per heavy atom. The van der Waals surface area contributed by atoms with Crippen LogP contribution in [-0.4, -0.2) is 27.9 Å². The van der Waals surface area contributed by atoms with Crippen LogP contribution in [0.2, 0.25) is 0 Å². The maximum absolute atomic E-state index is 12.5. The van der Waals surface area contributed by atoms with Crippen LogP contribution in [0.25, 0.3) is 16.8 Å². The van der Waals surface area contributed by atoms with Crippen LogP contribution in [0.4, 0.5) is 13.2 Å². The van der Waals surface area contributed by atoms with E-state index in [1.54, 1.807) is 0 Å². The number of amides is 1. The van der Waals surface area contributed by atoms with E-state index in [1.807, 2.05) is 0 Å². The number of primary amides is 1. The maximum atomic E-state index is 12.5. The Balaban J connectivity index is 2.09. The number of ether oxygens (including phenoxy) is 1. The van der Waals surface area contributed by atoms with Crippen molar-refractivity contribution in [3.05, 3.63) is 47.9 Å². The molecule has 0 fully saturated rings. The van der Waals surface area contributed by atoms with Crippen LogP contribution < -0.4 is 10.5 Å². The lowest BCUT2D eigenvalue weighted by Gasteiger charge is -2.10. The van der Waals surface area contributed by atoms with E-state index in [4.69, 9.17) is 15.3 Å². The molecule has 10 heteroatoms. The van der Waals surface area contributed by atoms with Crippen LogP contribution in [0.15, 0.2) is 40.8 Å². The molecule has 0 atom stereocenters. The molecule has 0 aliphatic rings. The third kappa shape index (κ3) is 4.05. The number of aliphatic carboxylic acids is 1. The van der Waals surface area contributed by atoms with Gasteiger partial charge in [0.2, 0.25) is 5.88 Å². The number of hydrogen-bond acceptors (Lipinski definition) is 4. The monoisotopic (exact) mass is 382 g/mol. The number of aromatic nitrogens is 1.